The third-order valence-corrected chi connectivity index (χ3v) is 3.52. The Bertz CT molecular complexity index is 835. The van der Waals surface area contributed by atoms with E-state index in [1.165, 1.54) is 12.1 Å². The molecule has 0 bridgehead atoms. The van der Waals surface area contributed by atoms with E-state index in [1.54, 1.807) is 12.4 Å². The molecule has 3 nitrogen and oxygen atoms in total. The Labute approximate surface area is 120 Å². The molecule has 1 N–H and O–H groups in total. The molecule has 0 atom stereocenters. The Hall–Kier alpha value is -2.01. The highest BCUT2D eigenvalue weighted by molar-refractivity contribution is 7.71. The maximum Gasteiger partial charge on any atom is 0.152 e. The summed E-state index contributed by atoms with van der Waals surface area (Å²) in [6.07, 6.45) is 1.55. The number of H-pyrrole nitrogens is 1. The topological polar surface area (TPSA) is 41.8 Å². The van der Waals surface area contributed by atoms with Crippen molar-refractivity contribution in [1.82, 2.24) is 9.97 Å². The van der Waals surface area contributed by atoms with Crippen LogP contribution < -0.4 is 0 Å². The van der Waals surface area contributed by atoms with E-state index in [4.69, 9.17) is 16.6 Å². The molecular formula is C15H13FN2OS. The molecule has 0 aliphatic rings. The molecule has 0 spiro atoms. The van der Waals surface area contributed by atoms with Crippen molar-refractivity contribution >= 4 is 23.2 Å². The summed E-state index contributed by atoms with van der Waals surface area (Å²) in [6, 6.07) is 6.27. The molecule has 20 heavy (non-hydrogen) atoms. The van der Waals surface area contributed by atoms with Gasteiger partial charge in [0.05, 0.1) is 12.0 Å². The quantitative estimate of drug-likeness (QED) is 0.688. The van der Waals surface area contributed by atoms with Crippen molar-refractivity contribution in [2.45, 2.75) is 19.8 Å². The number of benzene rings is 1. The van der Waals surface area contributed by atoms with Gasteiger partial charge in [0, 0.05) is 10.9 Å². The molecule has 0 unspecified atom stereocenters. The van der Waals surface area contributed by atoms with E-state index in [1.807, 2.05) is 19.9 Å². The average Bonchev–Trinajstić information content (AvgIpc) is 2.80. The highest BCUT2D eigenvalue weighted by atomic mass is 32.1. The largest absolute Gasteiger partial charge is 0.455 e. The van der Waals surface area contributed by atoms with Gasteiger partial charge >= 0.3 is 0 Å². The van der Waals surface area contributed by atoms with E-state index in [2.05, 4.69) is 9.97 Å². The number of nitrogens with one attached hydrogen (secondary N) is 1. The molecule has 0 radical (unpaired) electrons. The van der Waals surface area contributed by atoms with Crippen molar-refractivity contribution < 1.29 is 8.81 Å². The smallest absolute Gasteiger partial charge is 0.152 e. The summed E-state index contributed by atoms with van der Waals surface area (Å²) in [7, 11) is 0. The zero-order valence-corrected chi connectivity index (χ0v) is 11.9. The van der Waals surface area contributed by atoms with E-state index in [9.17, 15) is 4.39 Å². The summed E-state index contributed by atoms with van der Waals surface area (Å²) in [5.74, 6) is 0.576. The zero-order chi connectivity index (χ0) is 14.3. The van der Waals surface area contributed by atoms with E-state index in [-0.39, 0.29) is 11.7 Å². The molecule has 2 aromatic heterocycles. The second-order valence-electron chi connectivity index (χ2n) is 4.94. The van der Waals surface area contributed by atoms with Crippen LogP contribution in [0.5, 0.6) is 0 Å². The Kier molecular flexibility index (Phi) is 3.14. The fourth-order valence-electron chi connectivity index (χ4n) is 2.29. The van der Waals surface area contributed by atoms with Gasteiger partial charge in [0.2, 0.25) is 0 Å². The lowest BCUT2D eigenvalue weighted by molar-refractivity contribution is 0.616. The van der Waals surface area contributed by atoms with E-state index in [0.29, 0.717) is 16.0 Å². The lowest BCUT2D eigenvalue weighted by atomic mass is 10.0. The lowest BCUT2D eigenvalue weighted by Gasteiger charge is -2.09. The number of fused-ring (bicyclic) bond motifs is 1. The molecule has 1 aromatic carbocycles. The number of hydrogen-bond donors (Lipinski definition) is 1. The van der Waals surface area contributed by atoms with Crippen LogP contribution in [0.15, 0.2) is 35.0 Å². The predicted molar refractivity (Wildman–Crippen MR) is 78.7 cm³/mol. The van der Waals surface area contributed by atoms with E-state index >= 15 is 0 Å². The van der Waals surface area contributed by atoms with Crippen molar-refractivity contribution in [3.8, 4) is 11.5 Å². The highest BCUT2D eigenvalue weighted by Gasteiger charge is 2.15. The Balaban J connectivity index is 2.25. The average molecular weight is 288 g/mol. The number of nitrogens with zero attached hydrogens (tertiary/aromatic N) is 1. The standard InChI is InChI=1S/C15H13FN2OS/c1-8(2)13-14(17-7-18-15(13)20)12-6-9-5-10(16)3-4-11(9)19-12/h3-8H,1-2H3,(H,17,18,20). The monoisotopic (exact) mass is 288 g/mol. The maximum atomic E-state index is 13.2. The van der Waals surface area contributed by atoms with Crippen LogP contribution in [0.1, 0.15) is 25.3 Å². The van der Waals surface area contributed by atoms with Gasteiger partial charge in [-0.1, -0.05) is 26.1 Å². The first-order valence-corrected chi connectivity index (χ1v) is 6.74. The molecule has 0 saturated heterocycles. The lowest BCUT2D eigenvalue weighted by Crippen LogP contribution is -1.98. The van der Waals surface area contributed by atoms with Gasteiger partial charge in [-0.25, -0.2) is 9.37 Å². The summed E-state index contributed by atoms with van der Waals surface area (Å²) in [4.78, 5) is 7.20. The molecule has 3 rings (SSSR count). The molecule has 5 heteroatoms. The first-order valence-electron chi connectivity index (χ1n) is 6.33. The first kappa shape index (κ1) is 13.0. The minimum absolute atomic E-state index is 0.215. The summed E-state index contributed by atoms with van der Waals surface area (Å²) in [5.41, 5.74) is 2.38. The van der Waals surface area contributed by atoms with Crippen LogP contribution in [0.3, 0.4) is 0 Å². The van der Waals surface area contributed by atoms with Gasteiger partial charge < -0.3 is 9.40 Å². The molecule has 2 heterocycles. The predicted octanol–water partition coefficient (Wildman–Crippen LogP) is 4.81. The minimum atomic E-state index is -0.281. The number of halogens is 1. The summed E-state index contributed by atoms with van der Waals surface area (Å²) < 4.78 is 19.6. The number of rotatable bonds is 2. The van der Waals surface area contributed by atoms with Crippen LogP contribution in [0.25, 0.3) is 22.4 Å². The Morgan fingerprint density at radius 3 is 2.85 bits per heavy atom. The number of aromatic nitrogens is 2. The van der Waals surface area contributed by atoms with Gasteiger partial charge in [-0.3, -0.25) is 0 Å². The first-order chi connectivity index (χ1) is 9.56. The molecule has 102 valence electrons. The van der Waals surface area contributed by atoms with Crippen LogP contribution in [-0.4, -0.2) is 9.97 Å². The van der Waals surface area contributed by atoms with E-state index in [0.717, 1.165) is 16.6 Å². The maximum absolute atomic E-state index is 13.2. The second-order valence-corrected chi connectivity index (χ2v) is 5.33. The summed E-state index contributed by atoms with van der Waals surface area (Å²) in [6.45, 7) is 4.10. The van der Waals surface area contributed by atoms with Gasteiger partial charge in [-0.15, -0.1) is 0 Å². The molecule has 0 amide bonds. The van der Waals surface area contributed by atoms with Gasteiger partial charge in [-0.05, 0) is 30.2 Å². The van der Waals surface area contributed by atoms with Gasteiger partial charge in [0.25, 0.3) is 0 Å². The van der Waals surface area contributed by atoms with Gasteiger partial charge in [0.1, 0.15) is 16.0 Å². The molecule has 0 aliphatic heterocycles. The van der Waals surface area contributed by atoms with Crippen molar-refractivity contribution in [1.29, 1.82) is 0 Å². The zero-order valence-electron chi connectivity index (χ0n) is 11.1. The normalized spacial score (nSPS) is 11.4. The summed E-state index contributed by atoms with van der Waals surface area (Å²) >= 11 is 5.28. The van der Waals surface area contributed by atoms with Crippen LogP contribution >= 0.6 is 12.2 Å². The molecule has 0 aliphatic carbocycles. The third-order valence-electron chi connectivity index (χ3n) is 3.19. The Morgan fingerprint density at radius 2 is 2.10 bits per heavy atom. The summed E-state index contributed by atoms with van der Waals surface area (Å²) in [5, 5.41) is 0.728. The van der Waals surface area contributed by atoms with Crippen LogP contribution in [0.4, 0.5) is 4.39 Å². The molecule has 0 saturated carbocycles. The SMILES string of the molecule is CC(C)c1c(-c2cc3cc(F)ccc3o2)[nH]cnc1=S. The van der Waals surface area contributed by atoms with Crippen molar-refractivity contribution in [3.63, 3.8) is 0 Å². The van der Waals surface area contributed by atoms with Gasteiger partial charge in [0.15, 0.2) is 5.76 Å². The fraction of sp³-hybridized carbons (Fsp3) is 0.200. The highest BCUT2D eigenvalue weighted by Crippen LogP contribution is 2.32. The van der Waals surface area contributed by atoms with Crippen molar-refractivity contribution in [2.75, 3.05) is 0 Å². The number of hydrogen-bond acceptors (Lipinski definition) is 3. The van der Waals surface area contributed by atoms with Crippen LogP contribution in [0.2, 0.25) is 0 Å². The van der Waals surface area contributed by atoms with Crippen LogP contribution in [0, 0.1) is 10.5 Å². The Morgan fingerprint density at radius 1 is 1.30 bits per heavy atom. The number of furan rings is 1. The van der Waals surface area contributed by atoms with Crippen molar-refractivity contribution in [3.05, 3.63) is 46.6 Å². The number of aromatic amines is 1. The molecule has 0 fully saturated rings. The third kappa shape index (κ3) is 2.14. The van der Waals surface area contributed by atoms with Crippen molar-refractivity contribution in [2.24, 2.45) is 0 Å². The fourth-order valence-corrected chi connectivity index (χ4v) is 2.68. The molecular weight excluding hydrogens is 275 g/mol. The molecule has 3 aromatic rings. The van der Waals surface area contributed by atoms with Gasteiger partial charge in [-0.2, -0.15) is 0 Å². The minimum Gasteiger partial charge on any atom is -0.455 e. The van der Waals surface area contributed by atoms with Crippen LogP contribution in [-0.2, 0) is 0 Å². The second kappa shape index (κ2) is 4.83. The van der Waals surface area contributed by atoms with E-state index < -0.39 is 0 Å².